The molecule has 0 spiro atoms. The van der Waals surface area contributed by atoms with Crippen molar-refractivity contribution in [2.75, 3.05) is 12.4 Å². The highest BCUT2D eigenvalue weighted by Gasteiger charge is 2.15. The van der Waals surface area contributed by atoms with E-state index in [2.05, 4.69) is 31.0 Å². The molecule has 20 heavy (non-hydrogen) atoms. The fraction of sp³-hybridized carbons (Fsp3) is 0.0714. The third-order valence-corrected chi connectivity index (χ3v) is 3.22. The molecular formula is C14H11BrN2O3. The Labute approximate surface area is 124 Å². The van der Waals surface area contributed by atoms with E-state index in [1.54, 1.807) is 42.6 Å². The Balaban J connectivity index is 2.29. The van der Waals surface area contributed by atoms with Crippen LogP contribution in [0.1, 0.15) is 20.7 Å². The first-order chi connectivity index (χ1) is 9.63. The van der Waals surface area contributed by atoms with Gasteiger partial charge in [0.15, 0.2) is 0 Å². The van der Waals surface area contributed by atoms with Crippen molar-refractivity contribution in [3.05, 3.63) is 58.3 Å². The molecule has 1 aromatic heterocycles. The minimum Gasteiger partial charge on any atom is -0.465 e. The molecule has 0 bridgehead atoms. The van der Waals surface area contributed by atoms with Gasteiger partial charge in [0.1, 0.15) is 4.60 Å². The van der Waals surface area contributed by atoms with E-state index in [9.17, 15) is 9.59 Å². The van der Waals surface area contributed by atoms with Crippen molar-refractivity contribution in [3.63, 3.8) is 0 Å². The molecule has 0 unspecified atom stereocenters. The number of para-hydroxylation sites is 1. The molecule has 0 aliphatic rings. The lowest BCUT2D eigenvalue weighted by Gasteiger charge is -2.10. The Hall–Kier alpha value is -2.21. The van der Waals surface area contributed by atoms with Gasteiger partial charge in [-0.25, -0.2) is 9.78 Å². The number of amides is 1. The first-order valence-electron chi connectivity index (χ1n) is 5.72. The van der Waals surface area contributed by atoms with Gasteiger partial charge in [-0.15, -0.1) is 0 Å². The molecule has 1 aromatic carbocycles. The summed E-state index contributed by atoms with van der Waals surface area (Å²) in [6.07, 6.45) is 1.57. The second-order valence-electron chi connectivity index (χ2n) is 3.83. The van der Waals surface area contributed by atoms with Crippen LogP contribution in [0.4, 0.5) is 5.69 Å². The number of hydrogen-bond donors (Lipinski definition) is 1. The third-order valence-electron chi connectivity index (χ3n) is 2.58. The lowest BCUT2D eigenvalue weighted by Crippen LogP contribution is -2.16. The lowest BCUT2D eigenvalue weighted by molar-refractivity contribution is 0.0602. The van der Waals surface area contributed by atoms with Crippen LogP contribution in [0.2, 0.25) is 0 Å². The summed E-state index contributed by atoms with van der Waals surface area (Å²) in [6.45, 7) is 0. The zero-order chi connectivity index (χ0) is 14.5. The number of nitrogens with one attached hydrogen (secondary N) is 1. The molecule has 0 saturated carbocycles. The monoisotopic (exact) mass is 334 g/mol. The molecule has 0 aliphatic carbocycles. The normalized spacial score (nSPS) is 9.90. The average molecular weight is 335 g/mol. The van der Waals surface area contributed by atoms with E-state index in [-0.39, 0.29) is 5.91 Å². The van der Waals surface area contributed by atoms with Crippen molar-refractivity contribution >= 4 is 33.5 Å². The number of aromatic nitrogens is 1. The number of pyridine rings is 1. The summed E-state index contributed by atoms with van der Waals surface area (Å²) in [7, 11) is 1.29. The number of nitrogens with zero attached hydrogens (tertiary/aromatic N) is 1. The Morgan fingerprint density at radius 2 is 1.85 bits per heavy atom. The maximum absolute atomic E-state index is 12.2. The summed E-state index contributed by atoms with van der Waals surface area (Å²) < 4.78 is 5.11. The standard InChI is InChI=1S/C14H11BrN2O3/c1-20-14(19)9-5-2-3-7-11(9)17-13(18)10-6-4-8-16-12(10)15/h2-8H,1H3,(H,17,18). The highest BCUT2D eigenvalue weighted by molar-refractivity contribution is 9.10. The van der Waals surface area contributed by atoms with Crippen molar-refractivity contribution in [2.24, 2.45) is 0 Å². The summed E-state index contributed by atoms with van der Waals surface area (Å²) >= 11 is 3.21. The number of halogens is 1. The zero-order valence-corrected chi connectivity index (χ0v) is 12.2. The van der Waals surface area contributed by atoms with Gasteiger partial charge in [-0.2, -0.15) is 0 Å². The van der Waals surface area contributed by atoms with Gasteiger partial charge in [-0.3, -0.25) is 4.79 Å². The van der Waals surface area contributed by atoms with Gasteiger partial charge in [-0.05, 0) is 40.2 Å². The van der Waals surface area contributed by atoms with Crippen LogP contribution in [0.5, 0.6) is 0 Å². The molecule has 1 heterocycles. The van der Waals surface area contributed by atoms with Crippen LogP contribution in [0, 0.1) is 0 Å². The zero-order valence-electron chi connectivity index (χ0n) is 10.6. The SMILES string of the molecule is COC(=O)c1ccccc1NC(=O)c1cccnc1Br. The number of anilines is 1. The van der Waals surface area contributed by atoms with Gasteiger partial charge in [0.05, 0.1) is 23.9 Å². The van der Waals surface area contributed by atoms with Crippen molar-refractivity contribution in [1.82, 2.24) is 4.98 Å². The maximum Gasteiger partial charge on any atom is 0.339 e. The van der Waals surface area contributed by atoms with E-state index >= 15 is 0 Å². The number of esters is 1. The van der Waals surface area contributed by atoms with E-state index < -0.39 is 5.97 Å². The molecule has 1 amide bonds. The Kier molecular flexibility index (Phi) is 4.47. The number of benzene rings is 1. The van der Waals surface area contributed by atoms with Crippen molar-refractivity contribution in [3.8, 4) is 0 Å². The molecule has 5 nitrogen and oxygen atoms in total. The van der Waals surface area contributed by atoms with Crippen LogP contribution in [-0.2, 0) is 4.74 Å². The molecule has 2 rings (SSSR count). The molecule has 0 saturated heterocycles. The van der Waals surface area contributed by atoms with Gasteiger partial charge >= 0.3 is 5.97 Å². The molecule has 2 aromatic rings. The molecule has 102 valence electrons. The van der Waals surface area contributed by atoms with Crippen LogP contribution >= 0.6 is 15.9 Å². The fourth-order valence-corrected chi connectivity index (χ4v) is 2.06. The fourth-order valence-electron chi connectivity index (χ4n) is 1.63. The quantitative estimate of drug-likeness (QED) is 0.692. The van der Waals surface area contributed by atoms with Crippen LogP contribution in [0.25, 0.3) is 0 Å². The average Bonchev–Trinajstić information content (AvgIpc) is 2.47. The van der Waals surface area contributed by atoms with Crippen LogP contribution in [-0.4, -0.2) is 24.0 Å². The number of methoxy groups -OCH3 is 1. The number of carbonyl (C=O) groups excluding carboxylic acids is 2. The first kappa shape index (κ1) is 14.2. The van der Waals surface area contributed by atoms with Gasteiger partial charge in [0.25, 0.3) is 5.91 Å². The van der Waals surface area contributed by atoms with Crippen molar-refractivity contribution < 1.29 is 14.3 Å². The van der Waals surface area contributed by atoms with Crippen LogP contribution in [0.15, 0.2) is 47.2 Å². The minimum absolute atomic E-state index is 0.295. The van der Waals surface area contributed by atoms with Gasteiger partial charge < -0.3 is 10.1 Å². The molecule has 0 fully saturated rings. The number of ether oxygens (including phenoxy) is 1. The van der Waals surface area contributed by atoms with Gasteiger partial charge in [0.2, 0.25) is 0 Å². The molecule has 6 heteroatoms. The van der Waals surface area contributed by atoms with E-state index in [4.69, 9.17) is 0 Å². The molecule has 0 atom stereocenters. The summed E-state index contributed by atoms with van der Waals surface area (Å²) in [6, 6.07) is 9.93. The van der Waals surface area contributed by atoms with E-state index in [1.807, 2.05) is 0 Å². The van der Waals surface area contributed by atoms with Crippen molar-refractivity contribution in [2.45, 2.75) is 0 Å². The summed E-state index contributed by atoms with van der Waals surface area (Å²) in [5.74, 6) is -0.868. The molecule has 0 radical (unpaired) electrons. The lowest BCUT2D eigenvalue weighted by atomic mass is 10.1. The maximum atomic E-state index is 12.2. The number of carbonyl (C=O) groups is 2. The summed E-state index contributed by atoms with van der Waals surface area (Å²) in [5, 5.41) is 2.67. The van der Waals surface area contributed by atoms with Crippen molar-refractivity contribution in [1.29, 1.82) is 0 Å². The molecule has 0 aliphatic heterocycles. The van der Waals surface area contributed by atoms with Gasteiger partial charge in [0, 0.05) is 6.20 Å². The molecule has 1 N–H and O–H groups in total. The van der Waals surface area contributed by atoms with E-state index in [0.29, 0.717) is 21.4 Å². The minimum atomic E-state index is -0.508. The van der Waals surface area contributed by atoms with E-state index in [1.165, 1.54) is 7.11 Å². The Morgan fingerprint density at radius 3 is 2.55 bits per heavy atom. The van der Waals surface area contributed by atoms with Gasteiger partial charge in [-0.1, -0.05) is 12.1 Å². The van der Waals surface area contributed by atoms with E-state index in [0.717, 1.165) is 0 Å². The van der Waals surface area contributed by atoms with Crippen LogP contribution in [0.3, 0.4) is 0 Å². The highest BCUT2D eigenvalue weighted by Crippen LogP contribution is 2.19. The molecular weight excluding hydrogens is 324 g/mol. The third kappa shape index (κ3) is 3.03. The number of hydrogen-bond acceptors (Lipinski definition) is 4. The predicted octanol–water partition coefficient (Wildman–Crippen LogP) is 2.88. The smallest absolute Gasteiger partial charge is 0.339 e. The Morgan fingerprint density at radius 1 is 1.15 bits per heavy atom. The first-order valence-corrected chi connectivity index (χ1v) is 6.52. The predicted molar refractivity (Wildman–Crippen MR) is 77.7 cm³/mol. The topological polar surface area (TPSA) is 68.3 Å². The largest absolute Gasteiger partial charge is 0.465 e. The highest BCUT2D eigenvalue weighted by atomic mass is 79.9. The summed E-state index contributed by atoms with van der Waals surface area (Å²) in [5.41, 5.74) is 1.07. The Bertz CT molecular complexity index is 658. The van der Waals surface area contributed by atoms with Crippen LogP contribution < -0.4 is 5.32 Å². The second-order valence-corrected chi connectivity index (χ2v) is 4.58. The second kappa shape index (κ2) is 6.29. The summed E-state index contributed by atoms with van der Waals surface area (Å²) in [4.78, 5) is 27.8. The number of rotatable bonds is 3.